The van der Waals surface area contributed by atoms with Crippen molar-refractivity contribution in [3.05, 3.63) is 6.20 Å². The standard InChI is InChI=1S/C9H11F3N6/c1-2-18(4-9(10,11)12)7-5-3-14-17-6(5)15-8(13)16-7/h3H,2,4H2,1H3,(H3,13,14,15,16,17). The van der Waals surface area contributed by atoms with Crippen molar-refractivity contribution < 1.29 is 13.2 Å². The normalized spacial score (nSPS) is 12.0. The fourth-order valence-corrected chi connectivity index (χ4v) is 1.63. The third-order valence-electron chi connectivity index (χ3n) is 2.36. The molecule has 0 saturated carbocycles. The zero-order valence-corrected chi connectivity index (χ0v) is 9.49. The van der Waals surface area contributed by atoms with Crippen molar-refractivity contribution in [3.8, 4) is 0 Å². The van der Waals surface area contributed by atoms with Gasteiger partial charge in [0.2, 0.25) is 5.95 Å². The van der Waals surface area contributed by atoms with Crippen molar-refractivity contribution in [1.29, 1.82) is 0 Å². The number of anilines is 2. The molecule has 0 fully saturated rings. The molecule has 0 radical (unpaired) electrons. The van der Waals surface area contributed by atoms with Crippen molar-refractivity contribution in [3.63, 3.8) is 0 Å². The maximum absolute atomic E-state index is 12.5. The maximum Gasteiger partial charge on any atom is 0.405 e. The van der Waals surface area contributed by atoms with Crippen LogP contribution in [-0.2, 0) is 0 Å². The fourth-order valence-electron chi connectivity index (χ4n) is 1.63. The fraction of sp³-hybridized carbons (Fsp3) is 0.444. The Labute approximate surface area is 100 Å². The minimum Gasteiger partial charge on any atom is -0.368 e. The van der Waals surface area contributed by atoms with Gasteiger partial charge in [-0.05, 0) is 6.92 Å². The van der Waals surface area contributed by atoms with Crippen LogP contribution in [0, 0.1) is 0 Å². The SMILES string of the molecule is CCN(CC(F)(F)F)c1nc(N)nc2[nH]ncc12. The van der Waals surface area contributed by atoms with E-state index in [0.29, 0.717) is 11.0 Å². The Hall–Kier alpha value is -2.06. The zero-order valence-electron chi connectivity index (χ0n) is 9.49. The number of halogens is 3. The predicted molar refractivity (Wildman–Crippen MR) is 60.0 cm³/mol. The van der Waals surface area contributed by atoms with Crippen LogP contribution in [0.2, 0.25) is 0 Å². The van der Waals surface area contributed by atoms with Gasteiger partial charge < -0.3 is 10.6 Å². The number of alkyl halides is 3. The first-order valence-electron chi connectivity index (χ1n) is 5.19. The molecule has 2 heterocycles. The van der Waals surface area contributed by atoms with Gasteiger partial charge in [-0.25, -0.2) is 0 Å². The number of hydrogen-bond donors (Lipinski definition) is 2. The molecule has 2 rings (SSSR count). The van der Waals surface area contributed by atoms with Gasteiger partial charge in [0.05, 0.1) is 11.6 Å². The van der Waals surface area contributed by atoms with Gasteiger partial charge in [-0.3, -0.25) is 5.10 Å². The number of H-pyrrole nitrogens is 1. The lowest BCUT2D eigenvalue weighted by Crippen LogP contribution is -2.35. The summed E-state index contributed by atoms with van der Waals surface area (Å²) in [6.07, 6.45) is -2.94. The van der Waals surface area contributed by atoms with Crippen LogP contribution in [0.4, 0.5) is 24.9 Å². The van der Waals surface area contributed by atoms with E-state index in [2.05, 4.69) is 20.2 Å². The highest BCUT2D eigenvalue weighted by molar-refractivity contribution is 5.87. The van der Waals surface area contributed by atoms with Crippen molar-refractivity contribution in [2.45, 2.75) is 13.1 Å². The molecule has 0 atom stereocenters. The molecule has 0 saturated heterocycles. The topological polar surface area (TPSA) is 83.7 Å². The van der Waals surface area contributed by atoms with Gasteiger partial charge in [-0.1, -0.05) is 0 Å². The highest BCUT2D eigenvalue weighted by atomic mass is 19.4. The Morgan fingerprint density at radius 1 is 1.39 bits per heavy atom. The first-order valence-corrected chi connectivity index (χ1v) is 5.19. The molecule has 0 aliphatic carbocycles. The average Bonchev–Trinajstić information content (AvgIpc) is 2.71. The second-order valence-electron chi connectivity index (χ2n) is 3.67. The molecular formula is C9H11F3N6. The monoisotopic (exact) mass is 260 g/mol. The van der Waals surface area contributed by atoms with Crippen molar-refractivity contribution >= 4 is 22.8 Å². The summed E-state index contributed by atoms with van der Waals surface area (Å²) in [5.41, 5.74) is 5.78. The molecule has 9 heteroatoms. The third kappa shape index (κ3) is 2.44. The Morgan fingerprint density at radius 3 is 2.72 bits per heavy atom. The number of nitrogens with two attached hydrogens (primary N) is 1. The van der Waals surface area contributed by atoms with Gasteiger partial charge in [-0.2, -0.15) is 28.2 Å². The summed E-state index contributed by atoms with van der Waals surface area (Å²) in [5, 5.41) is 6.69. The average molecular weight is 260 g/mol. The van der Waals surface area contributed by atoms with Crippen LogP contribution in [0.1, 0.15) is 6.92 Å². The van der Waals surface area contributed by atoms with E-state index in [0.717, 1.165) is 4.90 Å². The van der Waals surface area contributed by atoms with Gasteiger partial charge in [0, 0.05) is 6.54 Å². The molecule has 2 aromatic heterocycles. The van der Waals surface area contributed by atoms with Gasteiger partial charge in [0.1, 0.15) is 12.4 Å². The van der Waals surface area contributed by atoms with E-state index in [1.807, 2.05) is 0 Å². The lowest BCUT2D eigenvalue weighted by Gasteiger charge is -2.23. The molecule has 0 aliphatic heterocycles. The number of rotatable bonds is 3. The minimum atomic E-state index is -4.31. The summed E-state index contributed by atoms with van der Waals surface area (Å²) in [6.45, 7) is 0.659. The van der Waals surface area contributed by atoms with Crippen molar-refractivity contribution in [1.82, 2.24) is 20.2 Å². The van der Waals surface area contributed by atoms with Gasteiger partial charge in [0.15, 0.2) is 5.65 Å². The van der Waals surface area contributed by atoms with E-state index >= 15 is 0 Å². The number of aromatic nitrogens is 4. The van der Waals surface area contributed by atoms with Crippen molar-refractivity contribution in [2.24, 2.45) is 0 Å². The third-order valence-corrected chi connectivity index (χ3v) is 2.36. The highest BCUT2D eigenvalue weighted by Crippen LogP contribution is 2.26. The molecule has 0 aromatic carbocycles. The van der Waals surface area contributed by atoms with E-state index in [1.54, 1.807) is 6.92 Å². The Kier molecular flexibility index (Phi) is 2.97. The van der Waals surface area contributed by atoms with Crippen LogP contribution in [-0.4, -0.2) is 39.4 Å². The van der Waals surface area contributed by atoms with E-state index in [1.165, 1.54) is 6.20 Å². The molecule has 0 aliphatic rings. The van der Waals surface area contributed by atoms with Crippen molar-refractivity contribution in [2.75, 3.05) is 23.7 Å². The van der Waals surface area contributed by atoms with Gasteiger partial charge >= 0.3 is 6.18 Å². The predicted octanol–water partition coefficient (Wildman–Crippen LogP) is 1.32. The van der Waals surface area contributed by atoms with Crippen LogP contribution in [0.3, 0.4) is 0 Å². The molecule has 0 unspecified atom stereocenters. The Morgan fingerprint density at radius 2 is 2.11 bits per heavy atom. The van der Waals surface area contributed by atoms with Crippen LogP contribution in [0.25, 0.3) is 11.0 Å². The molecular weight excluding hydrogens is 249 g/mol. The largest absolute Gasteiger partial charge is 0.405 e. The first-order chi connectivity index (χ1) is 8.40. The molecule has 0 spiro atoms. The van der Waals surface area contributed by atoms with Gasteiger partial charge in [0.25, 0.3) is 0 Å². The number of nitrogen functional groups attached to an aromatic ring is 1. The molecule has 3 N–H and O–H groups in total. The molecule has 6 nitrogen and oxygen atoms in total. The molecule has 18 heavy (non-hydrogen) atoms. The van der Waals surface area contributed by atoms with E-state index in [9.17, 15) is 13.2 Å². The van der Waals surface area contributed by atoms with Crippen LogP contribution < -0.4 is 10.6 Å². The van der Waals surface area contributed by atoms with Crippen LogP contribution in [0.5, 0.6) is 0 Å². The summed E-state index contributed by atoms with van der Waals surface area (Å²) < 4.78 is 37.4. The molecule has 0 amide bonds. The molecule has 0 bridgehead atoms. The Bertz CT molecular complexity index is 549. The quantitative estimate of drug-likeness (QED) is 0.869. The number of aromatic amines is 1. The number of hydrogen-bond acceptors (Lipinski definition) is 5. The zero-order chi connectivity index (χ0) is 13.3. The summed E-state index contributed by atoms with van der Waals surface area (Å²) in [7, 11) is 0. The molecule has 2 aromatic rings. The van der Waals surface area contributed by atoms with Crippen LogP contribution >= 0.6 is 0 Å². The summed E-state index contributed by atoms with van der Waals surface area (Å²) in [4.78, 5) is 8.79. The summed E-state index contributed by atoms with van der Waals surface area (Å²) in [5.74, 6) is 0.0356. The van der Waals surface area contributed by atoms with E-state index in [-0.39, 0.29) is 18.3 Å². The summed E-state index contributed by atoms with van der Waals surface area (Å²) >= 11 is 0. The smallest absolute Gasteiger partial charge is 0.368 e. The number of nitrogens with one attached hydrogen (secondary N) is 1. The van der Waals surface area contributed by atoms with E-state index < -0.39 is 12.7 Å². The lowest BCUT2D eigenvalue weighted by molar-refractivity contribution is -0.119. The number of nitrogens with zero attached hydrogens (tertiary/aromatic N) is 4. The van der Waals surface area contributed by atoms with Gasteiger partial charge in [-0.15, -0.1) is 0 Å². The second kappa shape index (κ2) is 4.31. The number of fused-ring (bicyclic) bond motifs is 1. The summed E-state index contributed by atoms with van der Waals surface area (Å²) in [6, 6.07) is 0. The highest BCUT2D eigenvalue weighted by Gasteiger charge is 2.31. The second-order valence-corrected chi connectivity index (χ2v) is 3.67. The Balaban J connectivity index is 2.47. The minimum absolute atomic E-state index is 0.0950. The molecule has 98 valence electrons. The van der Waals surface area contributed by atoms with E-state index in [4.69, 9.17) is 5.73 Å². The first kappa shape index (κ1) is 12.4. The van der Waals surface area contributed by atoms with Crippen LogP contribution in [0.15, 0.2) is 6.20 Å². The lowest BCUT2D eigenvalue weighted by atomic mass is 10.3. The maximum atomic E-state index is 12.5.